The molecule has 6 nitrogen and oxygen atoms in total. The van der Waals surface area contributed by atoms with Crippen LogP contribution in [0.25, 0.3) is 10.2 Å². The number of para-hydroxylation sites is 2. The second-order valence-electron chi connectivity index (χ2n) is 7.72. The number of fused-ring (bicyclic) bond motifs is 1. The molecule has 0 spiro atoms. The first kappa shape index (κ1) is 22.6. The number of amides is 1. The summed E-state index contributed by atoms with van der Waals surface area (Å²) in [5.41, 5.74) is 2.16. The van der Waals surface area contributed by atoms with Crippen molar-refractivity contribution < 1.29 is 14.3 Å². The number of anilines is 1. The molecule has 0 bridgehead atoms. The molecule has 0 radical (unpaired) electrons. The third-order valence-electron chi connectivity index (χ3n) is 5.29. The number of rotatable bonds is 8. The highest BCUT2D eigenvalue weighted by atomic mass is 32.1. The molecule has 0 aliphatic heterocycles. The Morgan fingerprint density at radius 3 is 2.57 bits per heavy atom. The lowest BCUT2D eigenvalue weighted by molar-refractivity contribution is 0.0983. The number of hydrogen-bond acceptors (Lipinski definition) is 6. The van der Waals surface area contributed by atoms with E-state index in [1.165, 1.54) is 11.3 Å². The predicted molar refractivity (Wildman–Crippen MR) is 138 cm³/mol. The van der Waals surface area contributed by atoms with Crippen molar-refractivity contribution in [1.82, 2.24) is 9.97 Å². The fraction of sp³-hybridized carbons (Fsp3) is 0.107. The molecular weight excluding hydrogens is 458 g/mol. The van der Waals surface area contributed by atoms with E-state index in [2.05, 4.69) is 4.98 Å². The summed E-state index contributed by atoms with van der Waals surface area (Å²) in [7, 11) is 0. The van der Waals surface area contributed by atoms with Gasteiger partial charge in [-0.2, -0.15) is 0 Å². The Balaban J connectivity index is 1.54. The maximum Gasteiger partial charge on any atom is 0.264 e. The number of thiazole rings is 1. The van der Waals surface area contributed by atoms with Crippen LogP contribution in [0.5, 0.6) is 17.2 Å². The van der Waals surface area contributed by atoms with Gasteiger partial charge in [-0.15, -0.1) is 0 Å². The molecule has 0 N–H and O–H groups in total. The summed E-state index contributed by atoms with van der Waals surface area (Å²) < 4.78 is 12.7. The normalized spacial score (nSPS) is 10.8. The lowest BCUT2D eigenvalue weighted by Crippen LogP contribution is -2.30. The van der Waals surface area contributed by atoms with Crippen LogP contribution < -0.4 is 14.4 Å². The zero-order valence-electron chi connectivity index (χ0n) is 19.1. The average molecular weight is 482 g/mol. The van der Waals surface area contributed by atoms with E-state index in [0.717, 1.165) is 21.5 Å². The number of nitrogens with zero attached hydrogens (tertiary/aromatic N) is 3. The molecule has 2 aromatic heterocycles. The highest BCUT2D eigenvalue weighted by Gasteiger charge is 2.25. The van der Waals surface area contributed by atoms with Gasteiger partial charge in [-0.05, 0) is 61.0 Å². The topological polar surface area (TPSA) is 64.5 Å². The molecule has 0 saturated carbocycles. The Hall–Kier alpha value is -4.23. The van der Waals surface area contributed by atoms with Gasteiger partial charge in [0.15, 0.2) is 5.13 Å². The lowest BCUT2D eigenvalue weighted by atomic mass is 10.1. The van der Waals surface area contributed by atoms with Crippen molar-refractivity contribution in [2.75, 3.05) is 11.5 Å². The van der Waals surface area contributed by atoms with Crippen LogP contribution >= 0.6 is 11.3 Å². The third-order valence-corrected chi connectivity index (χ3v) is 6.33. The highest BCUT2D eigenvalue weighted by molar-refractivity contribution is 7.22. The summed E-state index contributed by atoms with van der Waals surface area (Å²) >= 11 is 1.45. The van der Waals surface area contributed by atoms with E-state index < -0.39 is 0 Å². The largest absolute Gasteiger partial charge is 0.494 e. The minimum absolute atomic E-state index is 0.204. The van der Waals surface area contributed by atoms with Crippen LogP contribution in [0.1, 0.15) is 22.8 Å². The summed E-state index contributed by atoms with van der Waals surface area (Å²) in [4.78, 5) is 24.6. The SMILES string of the molecule is CCOc1ccc2nc(N(Cc3cccnc3)C(=O)c3ccccc3Oc3ccccc3)sc2c1. The quantitative estimate of drug-likeness (QED) is 0.246. The van der Waals surface area contributed by atoms with Gasteiger partial charge in [-0.25, -0.2) is 4.98 Å². The van der Waals surface area contributed by atoms with Crippen LogP contribution in [-0.4, -0.2) is 22.5 Å². The summed E-state index contributed by atoms with van der Waals surface area (Å²) in [6, 6.07) is 26.3. The van der Waals surface area contributed by atoms with Gasteiger partial charge in [-0.1, -0.05) is 47.7 Å². The van der Waals surface area contributed by atoms with Crippen LogP contribution in [-0.2, 0) is 6.54 Å². The molecule has 0 aliphatic rings. The molecule has 5 rings (SSSR count). The van der Waals surface area contributed by atoms with Crippen LogP contribution in [0.2, 0.25) is 0 Å². The van der Waals surface area contributed by atoms with E-state index >= 15 is 0 Å². The highest BCUT2D eigenvalue weighted by Crippen LogP contribution is 2.34. The second kappa shape index (κ2) is 10.4. The van der Waals surface area contributed by atoms with E-state index in [4.69, 9.17) is 14.5 Å². The van der Waals surface area contributed by atoms with E-state index in [-0.39, 0.29) is 5.91 Å². The first-order chi connectivity index (χ1) is 17.2. The first-order valence-electron chi connectivity index (χ1n) is 11.3. The third kappa shape index (κ3) is 5.15. The number of ether oxygens (including phenoxy) is 2. The van der Waals surface area contributed by atoms with Gasteiger partial charge < -0.3 is 9.47 Å². The Morgan fingerprint density at radius 1 is 0.943 bits per heavy atom. The molecule has 5 aromatic rings. The number of pyridine rings is 1. The molecule has 0 unspecified atom stereocenters. The molecule has 35 heavy (non-hydrogen) atoms. The van der Waals surface area contributed by atoms with Crippen molar-refractivity contribution in [1.29, 1.82) is 0 Å². The molecule has 3 aromatic carbocycles. The van der Waals surface area contributed by atoms with Crippen LogP contribution in [0, 0.1) is 0 Å². The van der Waals surface area contributed by atoms with E-state index in [0.29, 0.717) is 35.3 Å². The zero-order chi connectivity index (χ0) is 24.0. The standard InChI is InChI=1S/C28H23N3O3S/c1-2-33-22-14-15-24-26(17-22)35-28(30-24)31(19-20-9-8-16-29-18-20)27(32)23-12-6-7-13-25(23)34-21-10-4-3-5-11-21/h3-18H,2,19H2,1H3. The molecular formula is C28H23N3O3S. The van der Waals surface area contributed by atoms with Crippen LogP contribution in [0.3, 0.4) is 0 Å². The minimum atomic E-state index is -0.204. The van der Waals surface area contributed by atoms with Gasteiger partial charge in [0.2, 0.25) is 0 Å². The van der Waals surface area contributed by atoms with Gasteiger partial charge in [0.25, 0.3) is 5.91 Å². The zero-order valence-corrected chi connectivity index (χ0v) is 19.9. The summed E-state index contributed by atoms with van der Waals surface area (Å²) in [6.45, 7) is 2.86. The van der Waals surface area contributed by atoms with Gasteiger partial charge in [0.05, 0.1) is 28.9 Å². The van der Waals surface area contributed by atoms with Gasteiger partial charge in [-0.3, -0.25) is 14.7 Å². The van der Waals surface area contributed by atoms with E-state index in [1.54, 1.807) is 29.4 Å². The van der Waals surface area contributed by atoms with Crippen molar-refractivity contribution >= 4 is 32.6 Å². The fourth-order valence-corrected chi connectivity index (χ4v) is 4.65. The maximum absolute atomic E-state index is 14.0. The lowest BCUT2D eigenvalue weighted by Gasteiger charge is -2.21. The molecule has 2 heterocycles. The molecule has 0 atom stereocenters. The van der Waals surface area contributed by atoms with Crippen molar-refractivity contribution in [2.45, 2.75) is 13.5 Å². The Labute approximate surface area is 207 Å². The second-order valence-corrected chi connectivity index (χ2v) is 8.73. The predicted octanol–water partition coefficient (Wildman–Crippen LogP) is 6.73. The molecule has 1 amide bonds. The smallest absolute Gasteiger partial charge is 0.264 e. The Morgan fingerprint density at radius 2 is 1.77 bits per heavy atom. The van der Waals surface area contributed by atoms with Crippen molar-refractivity contribution in [3.8, 4) is 17.2 Å². The summed E-state index contributed by atoms with van der Waals surface area (Å²) in [5.74, 6) is 1.72. The first-order valence-corrected chi connectivity index (χ1v) is 12.1. The van der Waals surface area contributed by atoms with Crippen LogP contribution in [0.4, 0.5) is 5.13 Å². The molecule has 0 saturated heterocycles. The maximum atomic E-state index is 14.0. The van der Waals surface area contributed by atoms with Crippen LogP contribution in [0.15, 0.2) is 97.3 Å². The molecule has 0 fully saturated rings. The van der Waals surface area contributed by atoms with Crippen molar-refractivity contribution in [3.63, 3.8) is 0 Å². The van der Waals surface area contributed by atoms with Gasteiger partial charge >= 0.3 is 0 Å². The summed E-state index contributed by atoms with van der Waals surface area (Å²) in [5, 5.41) is 0.594. The number of carbonyl (C=O) groups excluding carboxylic acids is 1. The van der Waals surface area contributed by atoms with Crippen molar-refractivity contribution in [3.05, 3.63) is 108 Å². The monoisotopic (exact) mass is 481 g/mol. The van der Waals surface area contributed by atoms with Gasteiger partial charge in [0, 0.05) is 12.4 Å². The molecule has 0 aliphatic carbocycles. The fourth-order valence-electron chi connectivity index (χ4n) is 3.66. The van der Waals surface area contributed by atoms with Crippen molar-refractivity contribution in [2.24, 2.45) is 0 Å². The Kier molecular flexibility index (Phi) is 6.68. The van der Waals surface area contributed by atoms with E-state index in [1.807, 2.05) is 79.7 Å². The minimum Gasteiger partial charge on any atom is -0.494 e. The molecule has 174 valence electrons. The number of aromatic nitrogens is 2. The molecule has 7 heteroatoms. The number of hydrogen-bond donors (Lipinski definition) is 0. The average Bonchev–Trinajstić information content (AvgIpc) is 3.32. The Bertz CT molecular complexity index is 1440. The van der Waals surface area contributed by atoms with E-state index in [9.17, 15) is 4.79 Å². The number of carbonyl (C=O) groups is 1. The number of benzene rings is 3. The summed E-state index contributed by atoms with van der Waals surface area (Å²) in [6.07, 6.45) is 3.47. The van der Waals surface area contributed by atoms with Gasteiger partial charge in [0.1, 0.15) is 17.2 Å².